The van der Waals surface area contributed by atoms with Gasteiger partial charge in [-0.05, 0) is 25.5 Å². The molecule has 1 N–H and O–H groups in total. The normalized spacial score (nSPS) is 11.2. The zero-order valence-electron chi connectivity index (χ0n) is 14.0. The fourth-order valence-electron chi connectivity index (χ4n) is 3.20. The standard InChI is InChI=1S/C20H20N4/c1-3-24-20-18(14(2)23-24)19(16-11-7-8-12-17(16)22-20)21-13-15-9-5-4-6-10-15/h4-12H,3,13H2,1-2H3,(H,21,22). The van der Waals surface area contributed by atoms with E-state index < -0.39 is 0 Å². The van der Waals surface area contributed by atoms with Crippen LogP contribution in [0.15, 0.2) is 54.6 Å². The fraction of sp³-hybridized carbons (Fsp3) is 0.200. The highest BCUT2D eigenvalue weighted by Gasteiger charge is 2.16. The van der Waals surface area contributed by atoms with Crippen LogP contribution in [0.5, 0.6) is 0 Å². The second kappa shape index (κ2) is 5.96. The maximum atomic E-state index is 4.85. The molecule has 0 aliphatic rings. The van der Waals surface area contributed by atoms with E-state index in [1.165, 1.54) is 5.56 Å². The van der Waals surface area contributed by atoms with E-state index in [0.29, 0.717) is 0 Å². The Kier molecular flexibility index (Phi) is 3.65. The summed E-state index contributed by atoms with van der Waals surface area (Å²) in [5, 5.41) is 10.5. The van der Waals surface area contributed by atoms with Crippen LogP contribution < -0.4 is 5.32 Å². The SMILES string of the molecule is CCn1nc(C)c2c(NCc3ccccc3)c3ccccc3nc21. The number of hydrogen-bond donors (Lipinski definition) is 1. The molecule has 0 bridgehead atoms. The number of pyridine rings is 1. The third-order valence-corrected chi connectivity index (χ3v) is 4.36. The Balaban J connectivity index is 1.91. The number of nitrogens with zero attached hydrogens (tertiary/aromatic N) is 3. The molecule has 0 spiro atoms. The molecular formula is C20H20N4. The van der Waals surface area contributed by atoms with E-state index >= 15 is 0 Å². The van der Waals surface area contributed by atoms with Crippen molar-refractivity contribution in [3.8, 4) is 0 Å². The van der Waals surface area contributed by atoms with Crippen LogP contribution in [0, 0.1) is 6.92 Å². The van der Waals surface area contributed by atoms with Gasteiger partial charge >= 0.3 is 0 Å². The highest BCUT2D eigenvalue weighted by atomic mass is 15.3. The Morgan fingerprint density at radius 1 is 1.00 bits per heavy atom. The van der Waals surface area contributed by atoms with Crippen LogP contribution >= 0.6 is 0 Å². The zero-order chi connectivity index (χ0) is 16.5. The van der Waals surface area contributed by atoms with Gasteiger partial charge < -0.3 is 5.32 Å². The van der Waals surface area contributed by atoms with Gasteiger partial charge in [-0.25, -0.2) is 9.67 Å². The molecule has 120 valence electrons. The molecule has 0 fully saturated rings. The first-order chi connectivity index (χ1) is 11.8. The summed E-state index contributed by atoms with van der Waals surface area (Å²) >= 11 is 0. The Hall–Kier alpha value is -2.88. The average molecular weight is 316 g/mol. The van der Waals surface area contributed by atoms with Gasteiger partial charge in [0.05, 0.1) is 22.3 Å². The van der Waals surface area contributed by atoms with E-state index in [9.17, 15) is 0 Å². The molecule has 0 atom stereocenters. The lowest BCUT2D eigenvalue weighted by atomic mass is 10.1. The summed E-state index contributed by atoms with van der Waals surface area (Å²) < 4.78 is 1.98. The van der Waals surface area contributed by atoms with E-state index in [4.69, 9.17) is 4.98 Å². The molecule has 0 aliphatic carbocycles. The van der Waals surface area contributed by atoms with Crippen LogP contribution in [0.25, 0.3) is 21.9 Å². The van der Waals surface area contributed by atoms with E-state index in [1.807, 2.05) is 16.8 Å². The van der Waals surface area contributed by atoms with Gasteiger partial charge in [0.2, 0.25) is 0 Å². The van der Waals surface area contributed by atoms with Gasteiger partial charge in [-0.3, -0.25) is 0 Å². The number of anilines is 1. The van der Waals surface area contributed by atoms with Crippen molar-refractivity contribution in [1.82, 2.24) is 14.8 Å². The molecule has 24 heavy (non-hydrogen) atoms. The summed E-state index contributed by atoms with van der Waals surface area (Å²) in [6, 6.07) is 18.7. The summed E-state index contributed by atoms with van der Waals surface area (Å²) in [7, 11) is 0. The number of rotatable bonds is 4. The lowest BCUT2D eigenvalue weighted by molar-refractivity contribution is 0.670. The van der Waals surface area contributed by atoms with Gasteiger partial charge in [0.25, 0.3) is 0 Å². The molecule has 4 rings (SSSR count). The largest absolute Gasteiger partial charge is 0.380 e. The molecule has 0 amide bonds. The van der Waals surface area contributed by atoms with Gasteiger partial charge in [-0.15, -0.1) is 0 Å². The van der Waals surface area contributed by atoms with Crippen molar-refractivity contribution in [3.63, 3.8) is 0 Å². The molecule has 4 heteroatoms. The first kappa shape index (κ1) is 14.7. The quantitative estimate of drug-likeness (QED) is 0.602. The predicted octanol–water partition coefficient (Wildman–Crippen LogP) is 4.52. The molecular weight excluding hydrogens is 296 g/mol. The maximum absolute atomic E-state index is 4.85. The summed E-state index contributed by atoms with van der Waals surface area (Å²) in [6.45, 7) is 5.74. The van der Waals surface area contributed by atoms with Crippen molar-refractivity contribution in [2.24, 2.45) is 0 Å². The smallest absolute Gasteiger partial charge is 0.160 e. The molecule has 0 radical (unpaired) electrons. The minimum Gasteiger partial charge on any atom is -0.380 e. The maximum Gasteiger partial charge on any atom is 0.160 e. The number of nitrogens with one attached hydrogen (secondary N) is 1. The van der Waals surface area contributed by atoms with E-state index in [1.54, 1.807) is 0 Å². The molecule has 0 aliphatic heterocycles. The molecule has 4 nitrogen and oxygen atoms in total. The topological polar surface area (TPSA) is 42.7 Å². The van der Waals surface area contributed by atoms with E-state index in [2.05, 4.69) is 66.7 Å². The molecule has 0 saturated heterocycles. The van der Waals surface area contributed by atoms with E-state index in [-0.39, 0.29) is 0 Å². The number of aryl methyl sites for hydroxylation is 2. The van der Waals surface area contributed by atoms with Gasteiger partial charge in [-0.2, -0.15) is 5.10 Å². The van der Waals surface area contributed by atoms with Crippen LogP contribution in [0.3, 0.4) is 0 Å². The summed E-state index contributed by atoms with van der Waals surface area (Å²) in [6.07, 6.45) is 0. The van der Waals surface area contributed by atoms with Crippen molar-refractivity contribution in [1.29, 1.82) is 0 Å². The first-order valence-corrected chi connectivity index (χ1v) is 8.31. The Labute approximate surface area is 141 Å². The Bertz CT molecular complexity index is 1000. The van der Waals surface area contributed by atoms with Crippen LogP contribution in [-0.4, -0.2) is 14.8 Å². The van der Waals surface area contributed by atoms with Gasteiger partial charge in [0, 0.05) is 18.5 Å². The zero-order valence-corrected chi connectivity index (χ0v) is 14.0. The number of fused-ring (bicyclic) bond motifs is 2. The van der Waals surface area contributed by atoms with E-state index in [0.717, 1.165) is 46.4 Å². The monoisotopic (exact) mass is 316 g/mol. The Morgan fingerprint density at radius 2 is 1.75 bits per heavy atom. The number of benzene rings is 2. The van der Waals surface area contributed by atoms with Gasteiger partial charge in [0.1, 0.15) is 0 Å². The van der Waals surface area contributed by atoms with Crippen molar-refractivity contribution in [2.45, 2.75) is 26.9 Å². The van der Waals surface area contributed by atoms with Crippen molar-refractivity contribution >= 4 is 27.6 Å². The number of hydrogen-bond acceptors (Lipinski definition) is 3. The predicted molar refractivity (Wildman–Crippen MR) is 99.2 cm³/mol. The lowest BCUT2D eigenvalue weighted by Gasteiger charge is -2.12. The number of aromatic nitrogens is 3. The molecule has 0 unspecified atom stereocenters. The summed E-state index contributed by atoms with van der Waals surface area (Å²) in [5.74, 6) is 0. The minimum atomic E-state index is 0.778. The third-order valence-electron chi connectivity index (χ3n) is 4.36. The summed E-state index contributed by atoms with van der Waals surface area (Å²) in [5.41, 5.74) is 5.34. The van der Waals surface area contributed by atoms with Crippen LogP contribution in [-0.2, 0) is 13.1 Å². The molecule has 2 heterocycles. The second-order valence-electron chi connectivity index (χ2n) is 5.94. The van der Waals surface area contributed by atoms with Crippen LogP contribution in [0.2, 0.25) is 0 Å². The average Bonchev–Trinajstić information content (AvgIpc) is 2.95. The van der Waals surface area contributed by atoms with Crippen molar-refractivity contribution < 1.29 is 0 Å². The second-order valence-corrected chi connectivity index (χ2v) is 5.94. The Morgan fingerprint density at radius 3 is 2.54 bits per heavy atom. The van der Waals surface area contributed by atoms with Crippen molar-refractivity contribution in [2.75, 3.05) is 5.32 Å². The molecule has 2 aromatic carbocycles. The third kappa shape index (κ3) is 2.40. The first-order valence-electron chi connectivity index (χ1n) is 8.31. The lowest BCUT2D eigenvalue weighted by Crippen LogP contribution is -2.02. The van der Waals surface area contributed by atoms with Gasteiger partial charge in [-0.1, -0.05) is 48.5 Å². The van der Waals surface area contributed by atoms with Crippen molar-refractivity contribution in [3.05, 3.63) is 65.9 Å². The molecule has 2 aromatic heterocycles. The summed E-state index contributed by atoms with van der Waals surface area (Å²) in [4.78, 5) is 4.85. The van der Waals surface area contributed by atoms with Gasteiger partial charge in [0.15, 0.2) is 5.65 Å². The van der Waals surface area contributed by atoms with Crippen LogP contribution in [0.4, 0.5) is 5.69 Å². The van der Waals surface area contributed by atoms with Crippen LogP contribution in [0.1, 0.15) is 18.2 Å². The highest BCUT2D eigenvalue weighted by Crippen LogP contribution is 2.33. The molecule has 0 saturated carbocycles. The highest BCUT2D eigenvalue weighted by molar-refractivity contribution is 6.07. The minimum absolute atomic E-state index is 0.778. The molecule has 4 aromatic rings. The fourth-order valence-corrected chi connectivity index (χ4v) is 3.20. The number of para-hydroxylation sites is 1.